The zero-order valence-corrected chi connectivity index (χ0v) is 14.4. The van der Waals surface area contributed by atoms with Gasteiger partial charge in [0.15, 0.2) is 0 Å². The first kappa shape index (κ1) is 16.9. The number of aliphatic imine (C=N–C) groups is 1. The minimum Gasteiger partial charge on any atom is -0.398 e. The van der Waals surface area contributed by atoms with E-state index in [1.165, 1.54) is 0 Å². The van der Waals surface area contributed by atoms with Gasteiger partial charge in [-0.3, -0.25) is 4.99 Å². The molecule has 0 aliphatic carbocycles. The third-order valence-corrected chi connectivity index (χ3v) is 3.79. The molecule has 4 heteroatoms. The molecule has 20 heavy (non-hydrogen) atoms. The van der Waals surface area contributed by atoms with Crippen LogP contribution in [0.3, 0.4) is 0 Å². The van der Waals surface area contributed by atoms with Gasteiger partial charge in [0, 0.05) is 48.0 Å². The maximum absolute atomic E-state index is 6.30. The van der Waals surface area contributed by atoms with E-state index in [1.54, 1.807) is 0 Å². The summed E-state index contributed by atoms with van der Waals surface area (Å²) in [6.07, 6.45) is 0.972. The van der Waals surface area contributed by atoms with Crippen LogP contribution < -0.4 is 5.73 Å². The Morgan fingerprint density at radius 1 is 1.25 bits per heavy atom. The quantitative estimate of drug-likeness (QED) is 0.851. The molecular weight excluding hydrogens is 314 g/mol. The Morgan fingerprint density at radius 3 is 2.40 bits per heavy atom. The summed E-state index contributed by atoms with van der Waals surface area (Å²) in [5.74, 6) is 0. The summed E-state index contributed by atoms with van der Waals surface area (Å²) in [5.41, 5.74) is 10.5. The molecular formula is C16H24BrN3. The largest absolute Gasteiger partial charge is 0.398 e. The number of rotatable bonds is 1. The highest BCUT2D eigenvalue weighted by Crippen LogP contribution is 2.22. The molecule has 110 valence electrons. The molecule has 2 rings (SSSR count). The number of likely N-dealkylation sites (N-methyl/N-ethyl adjacent to an activating group) is 1. The number of nitrogens with zero attached hydrogens (tertiary/aromatic N) is 2. The SMILES string of the molecule is CC.CN=C1CCN(C)C/C1=C(/N)c1ccc(Br)cc1. The van der Waals surface area contributed by atoms with E-state index < -0.39 is 0 Å². The van der Waals surface area contributed by atoms with Gasteiger partial charge < -0.3 is 10.6 Å². The van der Waals surface area contributed by atoms with Crippen LogP contribution in [0.25, 0.3) is 5.70 Å². The average Bonchev–Trinajstić information content (AvgIpc) is 2.49. The van der Waals surface area contributed by atoms with Crippen molar-refractivity contribution in [2.45, 2.75) is 20.3 Å². The lowest BCUT2D eigenvalue weighted by molar-refractivity contribution is 0.365. The summed E-state index contributed by atoms with van der Waals surface area (Å²) in [5, 5.41) is 0. The standard InChI is InChI=1S/C14H18BrN3.C2H6/c1-17-13-7-8-18(2)9-12(13)14(16)10-3-5-11(15)6-4-10;1-2/h3-6H,7-9,16H2,1-2H3;1-2H3/b14-12-,17-13?;. The Hall–Kier alpha value is -1.13. The maximum atomic E-state index is 6.30. The molecule has 1 fully saturated rings. The van der Waals surface area contributed by atoms with Crippen molar-refractivity contribution in [3.05, 3.63) is 39.9 Å². The van der Waals surface area contributed by atoms with Gasteiger partial charge in [0.25, 0.3) is 0 Å². The van der Waals surface area contributed by atoms with Crippen LogP contribution in [0.2, 0.25) is 0 Å². The van der Waals surface area contributed by atoms with Gasteiger partial charge in [-0.1, -0.05) is 41.9 Å². The number of halogens is 1. The fraction of sp³-hybridized carbons (Fsp3) is 0.438. The van der Waals surface area contributed by atoms with Gasteiger partial charge >= 0.3 is 0 Å². The molecule has 0 bridgehead atoms. The van der Waals surface area contributed by atoms with Crippen molar-refractivity contribution in [1.29, 1.82) is 0 Å². The fourth-order valence-corrected chi connectivity index (χ4v) is 2.44. The van der Waals surface area contributed by atoms with Gasteiger partial charge in [0.05, 0.1) is 0 Å². The molecule has 0 spiro atoms. The predicted molar refractivity (Wildman–Crippen MR) is 92.1 cm³/mol. The van der Waals surface area contributed by atoms with E-state index >= 15 is 0 Å². The third kappa shape index (κ3) is 4.18. The van der Waals surface area contributed by atoms with Crippen LogP contribution in [0, 0.1) is 0 Å². The first-order valence-electron chi connectivity index (χ1n) is 7.01. The van der Waals surface area contributed by atoms with Crippen molar-refractivity contribution < 1.29 is 0 Å². The summed E-state index contributed by atoms with van der Waals surface area (Å²) in [6, 6.07) is 8.10. The molecule has 0 unspecified atom stereocenters. The number of piperidine rings is 1. The van der Waals surface area contributed by atoms with Crippen LogP contribution in [0.1, 0.15) is 25.8 Å². The Kier molecular flexibility index (Phi) is 6.96. The van der Waals surface area contributed by atoms with Crippen LogP contribution in [-0.4, -0.2) is 37.8 Å². The first-order valence-corrected chi connectivity index (χ1v) is 7.80. The number of hydrogen-bond donors (Lipinski definition) is 1. The van der Waals surface area contributed by atoms with Gasteiger partial charge in [-0.2, -0.15) is 0 Å². The zero-order chi connectivity index (χ0) is 15.1. The van der Waals surface area contributed by atoms with Crippen molar-refractivity contribution in [3.8, 4) is 0 Å². The maximum Gasteiger partial charge on any atom is 0.0451 e. The van der Waals surface area contributed by atoms with Gasteiger partial charge in [-0.15, -0.1) is 0 Å². The number of hydrogen-bond acceptors (Lipinski definition) is 3. The summed E-state index contributed by atoms with van der Waals surface area (Å²) in [7, 11) is 3.96. The topological polar surface area (TPSA) is 41.6 Å². The Morgan fingerprint density at radius 2 is 1.85 bits per heavy atom. The first-order chi connectivity index (χ1) is 9.61. The van der Waals surface area contributed by atoms with E-state index in [1.807, 2.05) is 45.2 Å². The van der Waals surface area contributed by atoms with Crippen molar-refractivity contribution in [3.63, 3.8) is 0 Å². The normalized spacial score (nSPS) is 20.4. The Labute approximate surface area is 130 Å². The second-order valence-corrected chi connectivity index (χ2v) is 5.47. The molecule has 0 atom stereocenters. The van der Waals surface area contributed by atoms with Crippen molar-refractivity contribution >= 4 is 27.3 Å². The lowest BCUT2D eigenvalue weighted by Gasteiger charge is -2.27. The summed E-state index contributed by atoms with van der Waals surface area (Å²) < 4.78 is 1.06. The molecule has 1 aromatic rings. The lowest BCUT2D eigenvalue weighted by atomic mass is 9.97. The molecule has 0 amide bonds. The van der Waals surface area contributed by atoms with Crippen LogP contribution in [0.5, 0.6) is 0 Å². The molecule has 0 saturated carbocycles. The van der Waals surface area contributed by atoms with E-state index in [4.69, 9.17) is 5.73 Å². The van der Waals surface area contributed by atoms with Gasteiger partial charge in [0.1, 0.15) is 0 Å². The van der Waals surface area contributed by atoms with Crippen LogP contribution in [0.4, 0.5) is 0 Å². The van der Waals surface area contributed by atoms with Crippen LogP contribution in [0.15, 0.2) is 39.3 Å². The van der Waals surface area contributed by atoms with E-state index in [0.29, 0.717) is 0 Å². The molecule has 1 aromatic carbocycles. The van der Waals surface area contributed by atoms with E-state index in [9.17, 15) is 0 Å². The predicted octanol–water partition coefficient (Wildman–Crippen LogP) is 3.55. The molecule has 1 aliphatic heterocycles. The van der Waals surface area contributed by atoms with Crippen molar-refractivity contribution in [1.82, 2.24) is 4.90 Å². The molecule has 1 aliphatic rings. The summed E-state index contributed by atoms with van der Waals surface area (Å²) in [4.78, 5) is 6.64. The fourth-order valence-electron chi connectivity index (χ4n) is 2.18. The number of nitrogens with two attached hydrogens (primary N) is 1. The highest BCUT2D eigenvalue weighted by atomic mass is 79.9. The van der Waals surface area contributed by atoms with Crippen LogP contribution >= 0.6 is 15.9 Å². The van der Waals surface area contributed by atoms with E-state index in [2.05, 4.69) is 32.9 Å². The van der Waals surface area contributed by atoms with Crippen molar-refractivity contribution in [2.75, 3.05) is 27.2 Å². The number of benzene rings is 1. The molecule has 0 aromatic heterocycles. The third-order valence-electron chi connectivity index (χ3n) is 3.26. The molecule has 1 saturated heterocycles. The van der Waals surface area contributed by atoms with Crippen LogP contribution in [-0.2, 0) is 0 Å². The second kappa shape index (κ2) is 8.22. The summed E-state index contributed by atoms with van der Waals surface area (Å²) >= 11 is 3.44. The number of likely N-dealkylation sites (tertiary alicyclic amines) is 1. The van der Waals surface area contributed by atoms with Crippen molar-refractivity contribution in [2.24, 2.45) is 10.7 Å². The molecule has 2 N–H and O–H groups in total. The van der Waals surface area contributed by atoms with Gasteiger partial charge in [-0.05, 0) is 24.7 Å². The Bertz CT molecular complexity index is 489. The monoisotopic (exact) mass is 337 g/mol. The average molecular weight is 338 g/mol. The highest BCUT2D eigenvalue weighted by molar-refractivity contribution is 9.10. The second-order valence-electron chi connectivity index (χ2n) is 4.56. The summed E-state index contributed by atoms with van der Waals surface area (Å²) in [6.45, 7) is 5.92. The van der Waals surface area contributed by atoms with Gasteiger partial charge in [-0.25, -0.2) is 0 Å². The molecule has 1 heterocycles. The highest BCUT2D eigenvalue weighted by Gasteiger charge is 2.19. The minimum absolute atomic E-state index is 0.842. The molecule has 3 nitrogen and oxygen atoms in total. The smallest absolute Gasteiger partial charge is 0.0451 e. The molecule has 0 radical (unpaired) electrons. The minimum atomic E-state index is 0.842. The lowest BCUT2D eigenvalue weighted by Crippen LogP contribution is -2.34. The zero-order valence-electron chi connectivity index (χ0n) is 12.8. The van der Waals surface area contributed by atoms with Gasteiger partial charge in [0.2, 0.25) is 0 Å². The van der Waals surface area contributed by atoms with E-state index in [-0.39, 0.29) is 0 Å². The Balaban J connectivity index is 0.000000956. The van der Waals surface area contributed by atoms with E-state index in [0.717, 1.165) is 46.5 Å².